The quantitative estimate of drug-likeness (QED) is 0.349. The van der Waals surface area contributed by atoms with Crippen molar-refractivity contribution in [2.45, 2.75) is 18.9 Å². The van der Waals surface area contributed by atoms with Gasteiger partial charge in [0, 0.05) is 16.5 Å². The van der Waals surface area contributed by atoms with Gasteiger partial charge < -0.3 is 5.11 Å². The van der Waals surface area contributed by atoms with E-state index in [1.54, 1.807) is 28.0 Å². The Kier molecular flexibility index (Phi) is 4.82. The van der Waals surface area contributed by atoms with Crippen LogP contribution in [0, 0.1) is 10.1 Å². The third-order valence-electron chi connectivity index (χ3n) is 6.18. The molecule has 1 aliphatic carbocycles. The molecule has 4 aromatic rings. The van der Waals surface area contributed by atoms with Gasteiger partial charge in [-0.3, -0.25) is 19.5 Å². The molecule has 0 bridgehead atoms. The maximum atomic E-state index is 13.6. The van der Waals surface area contributed by atoms with E-state index in [9.17, 15) is 20.0 Å². The second-order valence-corrected chi connectivity index (χ2v) is 10.1. The average molecular weight is 488 g/mol. The van der Waals surface area contributed by atoms with Crippen LogP contribution in [0.1, 0.15) is 34.0 Å². The van der Waals surface area contributed by atoms with E-state index in [-0.39, 0.29) is 11.6 Å². The predicted molar refractivity (Wildman–Crippen MR) is 132 cm³/mol. The number of thiazole rings is 1. The summed E-state index contributed by atoms with van der Waals surface area (Å²) in [5.41, 5.74) is 4.33. The fourth-order valence-electron chi connectivity index (χ4n) is 4.65. The smallest absolute Gasteiger partial charge is 0.311 e. The van der Waals surface area contributed by atoms with Crippen molar-refractivity contribution in [3.8, 4) is 5.75 Å². The van der Waals surface area contributed by atoms with E-state index in [0.717, 1.165) is 34.6 Å². The first-order valence-electron chi connectivity index (χ1n) is 10.6. The van der Waals surface area contributed by atoms with Gasteiger partial charge in [0.05, 0.1) is 21.2 Å². The van der Waals surface area contributed by atoms with Crippen LogP contribution in [0.5, 0.6) is 5.75 Å². The molecule has 2 aliphatic rings. The average Bonchev–Trinajstić information content (AvgIpc) is 3.47. The number of nitro groups is 1. The Balaban J connectivity index is 1.59. The van der Waals surface area contributed by atoms with Crippen LogP contribution in [0.4, 0.5) is 5.69 Å². The number of nitro benzene ring substituents is 1. The largest absolute Gasteiger partial charge is 0.502 e. The molecule has 0 unspecified atom stereocenters. The molecule has 2 aromatic heterocycles. The lowest BCUT2D eigenvalue weighted by molar-refractivity contribution is -0.385. The molecule has 168 valence electrons. The van der Waals surface area contributed by atoms with Crippen LogP contribution in [0.2, 0.25) is 0 Å². The molecule has 3 heterocycles. The number of hydrogen-bond donors (Lipinski definition) is 1. The second kappa shape index (κ2) is 7.89. The lowest BCUT2D eigenvalue weighted by atomic mass is 9.85. The summed E-state index contributed by atoms with van der Waals surface area (Å²) in [4.78, 5) is 30.8. The van der Waals surface area contributed by atoms with E-state index in [4.69, 9.17) is 4.99 Å². The normalized spacial score (nSPS) is 17.1. The van der Waals surface area contributed by atoms with Gasteiger partial charge in [0.1, 0.15) is 0 Å². The zero-order valence-electron chi connectivity index (χ0n) is 17.7. The van der Waals surface area contributed by atoms with Gasteiger partial charge in [0.15, 0.2) is 10.6 Å². The SMILES string of the molecule is O=c1/c(=C\c2ccc(O)c([N+](=O)[O-])c2)sc2n1[C@@H](c1cccs1)C1=C(N=2)c2ccccc2CC1. The molecule has 1 aliphatic heterocycles. The first-order valence-corrected chi connectivity index (χ1v) is 12.3. The van der Waals surface area contributed by atoms with Gasteiger partial charge in [-0.2, -0.15) is 0 Å². The number of fused-ring (bicyclic) bond motifs is 3. The van der Waals surface area contributed by atoms with Crippen molar-refractivity contribution < 1.29 is 10.0 Å². The number of thiophene rings is 1. The Morgan fingerprint density at radius 3 is 2.79 bits per heavy atom. The van der Waals surface area contributed by atoms with E-state index in [1.165, 1.54) is 29.0 Å². The van der Waals surface area contributed by atoms with Crippen molar-refractivity contribution in [2.75, 3.05) is 0 Å². The zero-order valence-corrected chi connectivity index (χ0v) is 19.3. The van der Waals surface area contributed by atoms with E-state index in [0.29, 0.717) is 14.9 Å². The van der Waals surface area contributed by atoms with E-state index in [1.807, 2.05) is 29.6 Å². The van der Waals surface area contributed by atoms with Crippen molar-refractivity contribution in [2.24, 2.45) is 4.99 Å². The van der Waals surface area contributed by atoms with Gasteiger partial charge in [-0.15, -0.1) is 11.3 Å². The van der Waals surface area contributed by atoms with Crippen molar-refractivity contribution >= 4 is 40.1 Å². The standard InChI is InChI=1S/C25H17N3O4S2/c29-19-10-7-14(12-18(19)28(31)32)13-21-24(30)27-23(20-6-3-11-33-20)17-9-8-15-4-1-2-5-16(15)22(17)26-25(27)34-21/h1-7,10-13,23,29H,8-9H2/b21-13+/t23-/m1/s1. The molecule has 9 heteroatoms. The molecule has 0 radical (unpaired) electrons. The van der Waals surface area contributed by atoms with Crippen LogP contribution in [-0.2, 0) is 6.42 Å². The van der Waals surface area contributed by atoms with Gasteiger partial charge in [-0.1, -0.05) is 47.7 Å². The van der Waals surface area contributed by atoms with E-state index >= 15 is 0 Å². The number of benzene rings is 2. The monoisotopic (exact) mass is 487 g/mol. The zero-order chi connectivity index (χ0) is 23.4. The Bertz CT molecular complexity index is 1680. The lowest BCUT2D eigenvalue weighted by Crippen LogP contribution is -2.38. The maximum Gasteiger partial charge on any atom is 0.311 e. The molecular formula is C25H17N3O4S2. The number of phenols is 1. The van der Waals surface area contributed by atoms with Crippen molar-refractivity contribution in [1.82, 2.24) is 4.57 Å². The molecule has 1 N–H and O–H groups in total. The first-order chi connectivity index (χ1) is 16.5. The van der Waals surface area contributed by atoms with Crippen molar-refractivity contribution in [1.29, 1.82) is 0 Å². The molecule has 1 atom stereocenters. The Morgan fingerprint density at radius 1 is 1.15 bits per heavy atom. The second-order valence-electron chi connectivity index (χ2n) is 8.13. The van der Waals surface area contributed by atoms with Crippen LogP contribution in [0.15, 0.2) is 75.3 Å². The predicted octanol–water partition coefficient (Wildman–Crippen LogP) is 3.99. The molecule has 0 spiro atoms. The molecule has 6 rings (SSSR count). The van der Waals surface area contributed by atoms with Crippen molar-refractivity contribution in [3.63, 3.8) is 0 Å². The molecule has 0 saturated heterocycles. The number of aromatic hydroxyl groups is 1. The van der Waals surface area contributed by atoms with Crippen LogP contribution in [0.25, 0.3) is 11.8 Å². The molecule has 2 aromatic carbocycles. The van der Waals surface area contributed by atoms with Gasteiger partial charge in [-0.05, 0) is 53.1 Å². The lowest BCUT2D eigenvalue weighted by Gasteiger charge is -2.30. The fourth-order valence-corrected chi connectivity index (χ4v) is 6.49. The number of rotatable bonds is 3. The molecular weight excluding hydrogens is 470 g/mol. The summed E-state index contributed by atoms with van der Waals surface area (Å²) in [6.07, 6.45) is 3.35. The fraction of sp³-hybridized carbons (Fsp3) is 0.120. The summed E-state index contributed by atoms with van der Waals surface area (Å²) in [5.74, 6) is -0.410. The Hall–Kier alpha value is -3.82. The van der Waals surface area contributed by atoms with Gasteiger partial charge in [0.2, 0.25) is 0 Å². The minimum Gasteiger partial charge on any atom is -0.502 e. The molecule has 0 fully saturated rings. The van der Waals surface area contributed by atoms with Crippen molar-refractivity contribution in [3.05, 3.63) is 117 Å². The summed E-state index contributed by atoms with van der Waals surface area (Å²) < 4.78 is 2.19. The topological polar surface area (TPSA) is 97.7 Å². The number of hydrogen-bond acceptors (Lipinski definition) is 7. The number of aromatic nitrogens is 1. The highest BCUT2D eigenvalue weighted by molar-refractivity contribution is 7.10. The summed E-state index contributed by atoms with van der Waals surface area (Å²) in [5, 5.41) is 23.0. The minimum absolute atomic E-state index is 0.178. The number of nitrogens with zero attached hydrogens (tertiary/aromatic N) is 3. The highest BCUT2D eigenvalue weighted by Gasteiger charge is 2.33. The molecule has 7 nitrogen and oxygen atoms in total. The van der Waals surface area contributed by atoms with Crippen LogP contribution in [0.3, 0.4) is 0 Å². The number of phenolic OH excluding ortho intramolecular Hbond substituents is 1. The molecule has 0 saturated carbocycles. The minimum atomic E-state index is -0.642. The van der Waals surface area contributed by atoms with E-state index < -0.39 is 16.4 Å². The van der Waals surface area contributed by atoms with Crippen LogP contribution >= 0.6 is 22.7 Å². The third kappa shape index (κ3) is 3.24. The van der Waals surface area contributed by atoms with Gasteiger partial charge >= 0.3 is 5.69 Å². The van der Waals surface area contributed by atoms with Gasteiger partial charge in [0.25, 0.3) is 5.56 Å². The molecule has 0 amide bonds. The highest BCUT2D eigenvalue weighted by atomic mass is 32.1. The third-order valence-corrected chi connectivity index (χ3v) is 8.09. The maximum absolute atomic E-state index is 13.6. The summed E-state index contributed by atoms with van der Waals surface area (Å²) in [6.45, 7) is 0. The van der Waals surface area contributed by atoms with Gasteiger partial charge in [-0.25, -0.2) is 4.99 Å². The van der Waals surface area contributed by atoms with E-state index in [2.05, 4.69) is 12.1 Å². The number of allylic oxidation sites excluding steroid dienone is 1. The van der Waals surface area contributed by atoms with Crippen LogP contribution in [-0.4, -0.2) is 14.6 Å². The Labute approximate surface area is 201 Å². The number of aryl methyl sites for hydroxylation is 1. The molecule has 34 heavy (non-hydrogen) atoms. The summed E-state index contributed by atoms with van der Waals surface area (Å²) in [6, 6.07) is 16.2. The van der Waals surface area contributed by atoms with Crippen LogP contribution < -0.4 is 14.9 Å². The summed E-state index contributed by atoms with van der Waals surface area (Å²) >= 11 is 2.89. The summed E-state index contributed by atoms with van der Waals surface area (Å²) in [7, 11) is 0. The Morgan fingerprint density at radius 2 is 2.00 bits per heavy atom. The highest BCUT2D eigenvalue weighted by Crippen LogP contribution is 2.42. The first kappa shape index (κ1) is 20.8.